The lowest BCUT2D eigenvalue weighted by Gasteiger charge is -2.41. The first kappa shape index (κ1) is 56.1. The van der Waals surface area contributed by atoms with Crippen molar-refractivity contribution in [3.05, 3.63) is 60.8 Å². The van der Waals surface area contributed by atoms with Crippen molar-refractivity contribution in [2.75, 3.05) is 19.8 Å². The SMILES string of the molecule is CC/C=C\C/C=C\C/C=C\C/C=C\CCCOCC(COP(=O)(O)OC1C(O)C(O)C(O)C(O)C1O)OC(=O)CCCCCCCCCCC/C=C\CCCCCCCC. The number of hydrogen-bond donors (Lipinski definition) is 6. The maximum atomic E-state index is 12.8. The van der Waals surface area contributed by atoms with Crippen molar-refractivity contribution in [1.82, 2.24) is 0 Å². The summed E-state index contributed by atoms with van der Waals surface area (Å²) in [7, 11) is -5.03. The molecule has 0 aromatic carbocycles. The summed E-state index contributed by atoms with van der Waals surface area (Å²) in [5.74, 6) is -0.500. The van der Waals surface area contributed by atoms with Crippen LogP contribution in [0.2, 0.25) is 0 Å². The average Bonchev–Trinajstić information content (AvgIpc) is 3.23. The predicted molar refractivity (Wildman–Crippen MR) is 239 cm³/mol. The molecule has 0 spiro atoms. The van der Waals surface area contributed by atoms with Gasteiger partial charge in [0.25, 0.3) is 0 Å². The fourth-order valence-corrected chi connectivity index (χ4v) is 7.68. The minimum Gasteiger partial charge on any atom is -0.457 e. The van der Waals surface area contributed by atoms with Gasteiger partial charge < -0.3 is 39.9 Å². The number of rotatable bonds is 38. The molecule has 0 radical (unpaired) electrons. The van der Waals surface area contributed by atoms with Gasteiger partial charge in [-0.15, -0.1) is 0 Å². The van der Waals surface area contributed by atoms with E-state index < -0.39 is 63.1 Å². The number of aliphatic hydroxyl groups is 5. The highest BCUT2D eigenvalue weighted by Gasteiger charge is 2.51. The van der Waals surface area contributed by atoms with Gasteiger partial charge in [-0.25, -0.2) is 4.57 Å². The first-order valence-electron chi connectivity index (χ1n) is 23.1. The maximum Gasteiger partial charge on any atom is 0.472 e. The summed E-state index contributed by atoms with van der Waals surface area (Å²) < 4.78 is 34.1. The molecule has 1 rings (SSSR count). The molecule has 1 fully saturated rings. The highest BCUT2D eigenvalue weighted by atomic mass is 31.2. The Bertz CT molecular complexity index is 1220. The van der Waals surface area contributed by atoms with Crippen LogP contribution >= 0.6 is 7.82 Å². The van der Waals surface area contributed by atoms with E-state index in [-0.39, 0.29) is 13.0 Å². The summed E-state index contributed by atoms with van der Waals surface area (Å²) in [5.41, 5.74) is 0. The van der Waals surface area contributed by atoms with Crippen LogP contribution in [0.25, 0.3) is 0 Å². The number of aliphatic hydroxyl groups excluding tert-OH is 5. The molecule has 0 saturated heterocycles. The van der Waals surface area contributed by atoms with Crippen molar-refractivity contribution in [2.24, 2.45) is 0 Å². The van der Waals surface area contributed by atoms with Gasteiger partial charge in [0.05, 0.1) is 13.2 Å². The molecular formula is C47H83O12P. The molecular weight excluding hydrogens is 787 g/mol. The van der Waals surface area contributed by atoms with Crippen LogP contribution in [0, 0.1) is 0 Å². The highest BCUT2D eigenvalue weighted by Crippen LogP contribution is 2.47. The second kappa shape index (κ2) is 37.6. The monoisotopic (exact) mass is 871 g/mol. The normalized spacial score (nSPS) is 22.9. The molecule has 0 aliphatic heterocycles. The van der Waals surface area contributed by atoms with Crippen LogP contribution in [0.15, 0.2) is 60.8 Å². The number of ether oxygens (including phenoxy) is 2. The summed E-state index contributed by atoms with van der Waals surface area (Å²) in [5, 5.41) is 50.2. The Morgan fingerprint density at radius 1 is 0.550 bits per heavy atom. The van der Waals surface area contributed by atoms with Crippen LogP contribution in [-0.4, -0.2) is 98.9 Å². The summed E-state index contributed by atoms with van der Waals surface area (Å²) in [4.78, 5) is 23.1. The summed E-state index contributed by atoms with van der Waals surface area (Å²) in [6, 6.07) is 0. The van der Waals surface area contributed by atoms with Gasteiger partial charge in [-0.05, 0) is 70.6 Å². The molecule has 0 aromatic heterocycles. The van der Waals surface area contributed by atoms with E-state index in [4.69, 9.17) is 18.5 Å². The lowest BCUT2D eigenvalue weighted by atomic mass is 9.85. The third kappa shape index (κ3) is 29.4. The molecule has 0 aromatic rings. The Morgan fingerprint density at radius 2 is 0.983 bits per heavy atom. The number of hydrogen-bond acceptors (Lipinski definition) is 11. The third-order valence-corrected chi connectivity index (χ3v) is 11.4. The van der Waals surface area contributed by atoms with Crippen molar-refractivity contribution >= 4 is 13.8 Å². The fourth-order valence-electron chi connectivity index (χ4n) is 6.71. The molecule has 1 aliphatic carbocycles. The maximum absolute atomic E-state index is 12.8. The first-order valence-corrected chi connectivity index (χ1v) is 24.6. The van der Waals surface area contributed by atoms with Crippen molar-refractivity contribution in [1.29, 1.82) is 0 Å². The number of phosphoric ester groups is 1. The minimum absolute atomic E-state index is 0.117. The Hall–Kier alpha value is -1.96. The molecule has 6 unspecified atom stereocenters. The largest absolute Gasteiger partial charge is 0.472 e. The molecule has 1 aliphatic rings. The highest BCUT2D eigenvalue weighted by molar-refractivity contribution is 7.47. The second-order valence-electron chi connectivity index (χ2n) is 15.9. The lowest BCUT2D eigenvalue weighted by molar-refractivity contribution is -0.220. The Balaban J connectivity index is 2.42. The van der Waals surface area contributed by atoms with Gasteiger partial charge >= 0.3 is 13.8 Å². The summed E-state index contributed by atoms with van der Waals surface area (Å²) >= 11 is 0. The number of unbranched alkanes of at least 4 members (excludes halogenated alkanes) is 16. The topological polar surface area (TPSA) is 192 Å². The number of allylic oxidation sites excluding steroid dienone is 10. The van der Waals surface area contributed by atoms with E-state index in [0.29, 0.717) is 19.4 Å². The molecule has 12 nitrogen and oxygen atoms in total. The van der Waals surface area contributed by atoms with E-state index >= 15 is 0 Å². The number of carbonyl (C=O) groups excluding carboxylic acids is 1. The van der Waals surface area contributed by atoms with Crippen LogP contribution < -0.4 is 0 Å². The third-order valence-electron chi connectivity index (χ3n) is 10.4. The molecule has 6 N–H and O–H groups in total. The van der Waals surface area contributed by atoms with E-state index in [2.05, 4.69) is 74.6 Å². The van der Waals surface area contributed by atoms with Gasteiger partial charge in [-0.3, -0.25) is 13.8 Å². The molecule has 60 heavy (non-hydrogen) atoms. The second-order valence-corrected chi connectivity index (χ2v) is 17.3. The first-order chi connectivity index (χ1) is 29.0. The van der Waals surface area contributed by atoms with Crippen molar-refractivity contribution in [3.8, 4) is 0 Å². The van der Waals surface area contributed by atoms with E-state index in [1.807, 2.05) is 0 Å². The zero-order chi connectivity index (χ0) is 44.1. The molecule has 0 bridgehead atoms. The zero-order valence-corrected chi connectivity index (χ0v) is 37.9. The van der Waals surface area contributed by atoms with E-state index in [9.17, 15) is 39.8 Å². The molecule has 6 atom stereocenters. The quantitative estimate of drug-likeness (QED) is 0.0149. The molecule has 348 valence electrons. The zero-order valence-electron chi connectivity index (χ0n) is 37.0. The Morgan fingerprint density at radius 3 is 1.52 bits per heavy atom. The standard InChI is InChI=1S/C47H83O12P/c1-3-5-7-9-11-13-15-17-19-20-21-22-23-24-26-28-30-32-34-36-41(48)58-40(38-56-37-35-33-31-29-27-25-18-16-14-12-10-8-6-4-2)39-57-60(54,55)59-47-45(52)43(50)42(49)44(51)46(47)53/h6,8,12,14,17-19,25,29,31,40,42-47,49-53H,3-5,7,9-11,13,15-16,20-24,26-28,30,32-39H2,1-2H3,(H,54,55)/b8-6-,14-12-,19-17-,25-18-,31-29-. The van der Waals surface area contributed by atoms with Crippen LogP contribution in [-0.2, 0) is 27.9 Å². The van der Waals surface area contributed by atoms with E-state index in [1.165, 1.54) is 83.5 Å². The minimum atomic E-state index is -5.03. The number of carbonyl (C=O) groups is 1. The average molecular weight is 871 g/mol. The Kier molecular flexibility index (Phi) is 35.1. The van der Waals surface area contributed by atoms with Gasteiger partial charge in [0.1, 0.15) is 42.7 Å². The summed E-state index contributed by atoms with van der Waals surface area (Å²) in [6.45, 7) is 3.99. The van der Waals surface area contributed by atoms with E-state index in [1.54, 1.807) is 0 Å². The van der Waals surface area contributed by atoms with Gasteiger partial charge in [0, 0.05) is 13.0 Å². The van der Waals surface area contributed by atoms with Crippen molar-refractivity contribution in [3.63, 3.8) is 0 Å². The van der Waals surface area contributed by atoms with Crippen LogP contribution in [0.4, 0.5) is 0 Å². The van der Waals surface area contributed by atoms with Crippen molar-refractivity contribution in [2.45, 2.75) is 211 Å². The van der Waals surface area contributed by atoms with Crippen LogP contribution in [0.3, 0.4) is 0 Å². The fraction of sp³-hybridized carbons (Fsp3) is 0.766. The van der Waals surface area contributed by atoms with Gasteiger partial charge in [0.15, 0.2) is 0 Å². The van der Waals surface area contributed by atoms with Gasteiger partial charge in [0.2, 0.25) is 0 Å². The lowest BCUT2D eigenvalue weighted by Crippen LogP contribution is -2.64. The van der Waals surface area contributed by atoms with Crippen molar-refractivity contribution < 1.29 is 58.3 Å². The Labute approximate surface area is 362 Å². The predicted octanol–water partition coefficient (Wildman–Crippen LogP) is 9.42. The molecule has 0 heterocycles. The molecule has 1 saturated carbocycles. The summed E-state index contributed by atoms with van der Waals surface area (Å²) in [6.07, 6.45) is 34.5. The smallest absolute Gasteiger partial charge is 0.457 e. The molecule has 0 amide bonds. The molecule has 13 heteroatoms. The van der Waals surface area contributed by atoms with Crippen LogP contribution in [0.1, 0.15) is 168 Å². The van der Waals surface area contributed by atoms with E-state index in [0.717, 1.165) is 51.4 Å². The number of phosphoric acid groups is 1. The van der Waals surface area contributed by atoms with Crippen LogP contribution in [0.5, 0.6) is 0 Å². The number of esters is 1. The van der Waals surface area contributed by atoms with Gasteiger partial charge in [-0.2, -0.15) is 0 Å². The van der Waals surface area contributed by atoms with Gasteiger partial charge in [-0.1, -0.05) is 152 Å².